The van der Waals surface area contributed by atoms with Gasteiger partial charge in [-0.2, -0.15) is 4.98 Å². The van der Waals surface area contributed by atoms with Gasteiger partial charge in [-0.15, -0.1) is 0 Å². The lowest BCUT2D eigenvalue weighted by Crippen LogP contribution is -2.24. The van der Waals surface area contributed by atoms with Crippen molar-refractivity contribution < 1.29 is 9.32 Å². The molecule has 5 nitrogen and oxygen atoms in total. The topological polar surface area (TPSA) is 59.2 Å². The second kappa shape index (κ2) is 8.15. The summed E-state index contributed by atoms with van der Waals surface area (Å²) in [6.45, 7) is 2.74. The molecule has 0 saturated carbocycles. The van der Waals surface area contributed by atoms with E-state index in [2.05, 4.69) is 29.2 Å². The van der Waals surface area contributed by atoms with Crippen molar-refractivity contribution in [3.8, 4) is 11.4 Å². The molecule has 0 radical (unpaired) electrons. The van der Waals surface area contributed by atoms with Gasteiger partial charge in [0.05, 0.1) is 5.92 Å². The summed E-state index contributed by atoms with van der Waals surface area (Å²) in [6.07, 6.45) is 3.80. The highest BCUT2D eigenvalue weighted by Gasteiger charge is 2.35. The Hall–Kier alpha value is -2.66. The smallest absolute Gasteiger partial charge is 0.232 e. The maximum absolute atomic E-state index is 12.6. The van der Waals surface area contributed by atoms with E-state index in [0.29, 0.717) is 29.7 Å². The van der Waals surface area contributed by atoms with Crippen molar-refractivity contribution in [2.75, 3.05) is 11.4 Å². The number of hydrogen-bond acceptors (Lipinski definition) is 4. The summed E-state index contributed by atoms with van der Waals surface area (Å²) in [4.78, 5) is 18.9. The van der Waals surface area contributed by atoms with Crippen LogP contribution >= 0.6 is 11.6 Å². The number of rotatable bonds is 6. The number of aryl methyl sites for hydroxylation is 1. The van der Waals surface area contributed by atoms with Crippen molar-refractivity contribution in [3.63, 3.8) is 0 Å². The molecular weight excluding hydrogens is 374 g/mol. The molecule has 1 unspecified atom stereocenters. The molecule has 0 bridgehead atoms. The summed E-state index contributed by atoms with van der Waals surface area (Å²) in [6, 6.07) is 15.5. The van der Waals surface area contributed by atoms with Crippen LogP contribution in [-0.2, 0) is 11.2 Å². The molecule has 1 aliphatic heterocycles. The van der Waals surface area contributed by atoms with Crippen molar-refractivity contribution >= 4 is 23.2 Å². The SMILES string of the molecule is CCCCc1ccc(N2CC(c3nc(-c4ccc(Cl)cc4)no3)CC2=O)cc1. The molecule has 1 aliphatic rings. The molecule has 1 amide bonds. The molecule has 1 saturated heterocycles. The minimum atomic E-state index is -0.0965. The lowest BCUT2D eigenvalue weighted by atomic mass is 10.1. The fraction of sp³-hybridized carbons (Fsp3) is 0.318. The standard InChI is InChI=1S/C22H22ClN3O2/c1-2-3-4-15-5-11-19(12-6-15)26-14-17(13-20(26)27)22-24-21(25-28-22)16-7-9-18(23)10-8-16/h5-12,17H,2-4,13-14H2,1H3. The Morgan fingerprint density at radius 3 is 2.61 bits per heavy atom. The number of carbonyl (C=O) groups is 1. The van der Waals surface area contributed by atoms with Gasteiger partial charge in [0.1, 0.15) is 0 Å². The molecule has 28 heavy (non-hydrogen) atoms. The maximum Gasteiger partial charge on any atom is 0.232 e. The first-order valence-electron chi connectivity index (χ1n) is 9.63. The predicted octanol–water partition coefficient (Wildman–Crippen LogP) is 5.25. The number of carbonyl (C=O) groups excluding carboxylic acids is 1. The fourth-order valence-electron chi connectivity index (χ4n) is 3.46. The van der Waals surface area contributed by atoms with Crippen molar-refractivity contribution in [2.45, 2.75) is 38.5 Å². The average molecular weight is 396 g/mol. The van der Waals surface area contributed by atoms with Gasteiger partial charge in [0.25, 0.3) is 0 Å². The third-order valence-electron chi connectivity index (χ3n) is 5.09. The lowest BCUT2D eigenvalue weighted by molar-refractivity contribution is -0.117. The largest absolute Gasteiger partial charge is 0.339 e. The molecule has 0 aliphatic carbocycles. The van der Waals surface area contributed by atoms with Crippen LogP contribution < -0.4 is 4.90 Å². The van der Waals surface area contributed by atoms with E-state index >= 15 is 0 Å². The van der Waals surface area contributed by atoms with Gasteiger partial charge in [0, 0.05) is 29.2 Å². The third kappa shape index (κ3) is 3.94. The molecule has 1 atom stereocenters. The van der Waals surface area contributed by atoms with E-state index in [9.17, 15) is 4.79 Å². The zero-order chi connectivity index (χ0) is 19.5. The Bertz CT molecular complexity index is 951. The third-order valence-corrected chi connectivity index (χ3v) is 5.34. The summed E-state index contributed by atoms with van der Waals surface area (Å²) >= 11 is 5.93. The van der Waals surface area contributed by atoms with E-state index in [1.54, 1.807) is 17.0 Å². The number of halogens is 1. The molecule has 1 fully saturated rings. The zero-order valence-corrected chi connectivity index (χ0v) is 16.5. The molecule has 144 valence electrons. The molecule has 0 spiro atoms. The molecule has 2 aromatic carbocycles. The van der Waals surface area contributed by atoms with Crippen molar-refractivity contribution in [1.82, 2.24) is 10.1 Å². The quantitative estimate of drug-likeness (QED) is 0.571. The normalized spacial score (nSPS) is 16.7. The van der Waals surface area contributed by atoms with Crippen LogP contribution in [0.25, 0.3) is 11.4 Å². The molecule has 4 rings (SSSR count). The van der Waals surface area contributed by atoms with E-state index in [1.165, 1.54) is 18.4 Å². The zero-order valence-electron chi connectivity index (χ0n) is 15.8. The monoisotopic (exact) mass is 395 g/mol. The maximum atomic E-state index is 12.6. The van der Waals surface area contributed by atoms with Gasteiger partial charge in [0.15, 0.2) is 0 Å². The number of benzene rings is 2. The van der Waals surface area contributed by atoms with E-state index in [1.807, 2.05) is 24.3 Å². The van der Waals surface area contributed by atoms with Crippen LogP contribution in [0.5, 0.6) is 0 Å². The highest BCUT2D eigenvalue weighted by atomic mass is 35.5. The molecule has 3 aromatic rings. The van der Waals surface area contributed by atoms with Gasteiger partial charge in [-0.05, 0) is 54.8 Å². The van der Waals surface area contributed by atoms with Crippen LogP contribution in [0.2, 0.25) is 5.02 Å². The number of unbranched alkanes of at least 4 members (excludes halogenated alkanes) is 1. The van der Waals surface area contributed by atoms with Crippen LogP contribution in [0.15, 0.2) is 53.1 Å². The Morgan fingerprint density at radius 1 is 1.14 bits per heavy atom. The highest BCUT2D eigenvalue weighted by molar-refractivity contribution is 6.30. The summed E-state index contributed by atoms with van der Waals surface area (Å²) in [5, 5.41) is 4.72. The second-order valence-electron chi connectivity index (χ2n) is 7.14. The predicted molar refractivity (Wildman–Crippen MR) is 110 cm³/mol. The van der Waals surface area contributed by atoms with E-state index in [-0.39, 0.29) is 11.8 Å². The van der Waals surface area contributed by atoms with Crippen LogP contribution in [0.1, 0.15) is 43.6 Å². The van der Waals surface area contributed by atoms with E-state index < -0.39 is 0 Å². The summed E-state index contributed by atoms with van der Waals surface area (Å²) < 4.78 is 5.46. The molecule has 1 aromatic heterocycles. The van der Waals surface area contributed by atoms with Crippen LogP contribution in [0, 0.1) is 0 Å². The first kappa shape index (κ1) is 18.7. The summed E-state index contributed by atoms with van der Waals surface area (Å²) in [7, 11) is 0. The van der Waals surface area contributed by atoms with Gasteiger partial charge in [-0.1, -0.05) is 42.2 Å². The molecular formula is C22H22ClN3O2. The van der Waals surface area contributed by atoms with Gasteiger partial charge < -0.3 is 9.42 Å². The summed E-state index contributed by atoms with van der Waals surface area (Å²) in [5.41, 5.74) is 3.06. The van der Waals surface area contributed by atoms with Crippen LogP contribution in [0.3, 0.4) is 0 Å². The Balaban J connectivity index is 1.47. The van der Waals surface area contributed by atoms with E-state index in [4.69, 9.17) is 16.1 Å². The molecule has 0 N–H and O–H groups in total. The van der Waals surface area contributed by atoms with Gasteiger partial charge >= 0.3 is 0 Å². The van der Waals surface area contributed by atoms with Crippen LogP contribution in [-0.4, -0.2) is 22.6 Å². The number of hydrogen-bond donors (Lipinski definition) is 0. The Morgan fingerprint density at radius 2 is 1.89 bits per heavy atom. The Kier molecular flexibility index (Phi) is 5.44. The van der Waals surface area contributed by atoms with E-state index in [0.717, 1.165) is 17.7 Å². The minimum absolute atomic E-state index is 0.0811. The number of aromatic nitrogens is 2. The lowest BCUT2D eigenvalue weighted by Gasteiger charge is -2.16. The second-order valence-corrected chi connectivity index (χ2v) is 7.57. The summed E-state index contributed by atoms with van der Waals surface area (Å²) in [5.74, 6) is 0.997. The minimum Gasteiger partial charge on any atom is -0.339 e. The Labute approximate surface area is 169 Å². The molecule has 2 heterocycles. The highest BCUT2D eigenvalue weighted by Crippen LogP contribution is 2.32. The van der Waals surface area contributed by atoms with Crippen LogP contribution in [0.4, 0.5) is 5.69 Å². The average Bonchev–Trinajstić information content (AvgIpc) is 3.34. The van der Waals surface area contributed by atoms with Gasteiger partial charge in [-0.3, -0.25) is 4.79 Å². The first-order chi connectivity index (χ1) is 13.6. The number of amides is 1. The number of anilines is 1. The number of nitrogens with zero attached hydrogens (tertiary/aromatic N) is 3. The first-order valence-corrected chi connectivity index (χ1v) is 10.0. The molecule has 6 heteroatoms. The fourth-order valence-corrected chi connectivity index (χ4v) is 3.59. The van der Waals surface area contributed by atoms with Crippen molar-refractivity contribution in [1.29, 1.82) is 0 Å². The van der Waals surface area contributed by atoms with Crippen molar-refractivity contribution in [2.24, 2.45) is 0 Å². The van der Waals surface area contributed by atoms with Gasteiger partial charge in [-0.25, -0.2) is 0 Å². The van der Waals surface area contributed by atoms with Crippen molar-refractivity contribution in [3.05, 3.63) is 65.0 Å². The van der Waals surface area contributed by atoms with Gasteiger partial charge in [0.2, 0.25) is 17.6 Å².